The first-order valence-corrected chi connectivity index (χ1v) is 8.36. The quantitative estimate of drug-likeness (QED) is 0.931. The van der Waals surface area contributed by atoms with Crippen LogP contribution in [-0.4, -0.2) is 35.4 Å². The zero-order valence-corrected chi connectivity index (χ0v) is 12.5. The lowest BCUT2D eigenvalue weighted by Gasteiger charge is -2.30. The van der Waals surface area contributed by atoms with E-state index in [0.29, 0.717) is 18.0 Å². The van der Waals surface area contributed by atoms with E-state index in [2.05, 4.69) is 5.32 Å². The Morgan fingerprint density at radius 3 is 2.71 bits per heavy atom. The summed E-state index contributed by atoms with van der Waals surface area (Å²) in [7, 11) is 0. The molecule has 1 amide bonds. The van der Waals surface area contributed by atoms with E-state index in [-0.39, 0.29) is 18.6 Å². The number of thioether (sulfide) groups is 1. The van der Waals surface area contributed by atoms with Crippen molar-refractivity contribution in [2.45, 2.75) is 19.0 Å². The Kier molecular flexibility index (Phi) is 4.45. The zero-order chi connectivity index (χ0) is 14.8. The number of benzene rings is 1. The number of hydrogen-bond acceptors (Lipinski definition) is 3. The minimum Gasteiger partial charge on any atom is -0.322 e. The maximum absolute atomic E-state index is 13.4. The molecule has 6 heteroatoms. The predicted octanol–water partition coefficient (Wildman–Crippen LogP) is 2.54. The smallest absolute Gasteiger partial charge is 0.238 e. The molecule has 1 unspecified atom stereocenters. The molecule has 0 bridgehead atoms. The first-order valence-electron chi connectivity index (χ1n) is 7.20. The van der Waals surface area contributed by atoms with Gasteiger partial charge in [-0.15, -0.1) is 0 Å². The van der Waals surface area contributed by atoms with Crippen LogP contribution in [0.5, 0.6) is 0 Å². The average Bonchev–Trinajstić information content (AvgIpc) is 2.85. The van der Waals surface area contributed by atoms with E-state index in [1.807, 2.05) is 11.8 Å². The van der Waals surface area contributed by atoms with Crippen molar-refractivity contribution < 1.29 is 13.6 Å². The Labute approximate surface area is 127 Å². The molecule has 2 aliphatic heterocycles. The first-order chi connectivity index (χ1) is 10.1. The van der Waals surface area contributed by atoms with Crippen LogP contribution in [0.4, 0.5) is 8.78 Å². The third kappa shape index (κ3) is 3.21. The third-order valence-electron chi connectivity index (χ3n) is 4.13. The molecule has 2 fully saturated rings. The summed E-state index contributed by atoms with van der Waals surface area (Å²) < 4.78 is 26.5. The fourth-order valence-electron chi connectivity index (χ4n) is 2.93. The van der Waals surface area contributed by atoms with Crippen LogP contribution in [0.25, 0.3) is 0 Å². The van der Waals surface area contributed by atoms with E-state index < -0.39 is 11.6 Å². The summed E-state index contributed by atoms with van der Waals surface area (Å²) in [4.78, 5) is 13.8. The van der Waals surface area contributed by atoms with E-state index >= 15 is 0 Å². The highest BCUT2D eigenvalue weighted by atomic mass is 32.2. The lowest BCUT2D eigenvalue weighted by molar-refractivity contribution is -0.128. The van der Waals surface area contributed by atoms with Crippen molar-refractivity contribution in [3.05, 3.63) is 35.4 Å². The SMILES string of the molecule is O=C1CNC(c2ccc(F)c(F)c2)N1CC1CCSCC1. The highest BCUT2D eigenvalue weighted by Gasteiger charge is 2.33. The molecule has 3 rings (SSSR count). The van der Waals surface area contributed by atoms with Gasteiger partial charge in [-0.2, -0.15) is 11.8 Å². The van der Waals surface area contributed by atoms with Gasteiger partial charge in [-0.1, -0.05) is 6.07 Å². The average molecular weight is 312 g/mol. The topological polar surface area (TPSA) is 32.3 Å². The number of nitrogens with zero attached hydrogens (tertiary/aromatic N) is 1. The second-order valence-corrected chi connectivity index (χ2v) is 6.78. The fourth-order valence-corrected chi connectivity index (χ4v) is 4.14. The normalized spacial score (nSPS) is 23.8. The van der Waals surface area contributed by atoms with Gasteiger partial charge in [-0.05, 0) is 48.0 Å². The summed E-state index contributed by atoms with van der Waals surface area (Å²) in [5, 5.41) is 3.09. The molecule has 2 aliphatic rings. The van der Waals surface area contributed by atoms with Gasteiger partial charge in [-0.3, -0.25) is 10.1 Å². The number of carbonyl (C=O) groups excluding carboxylic acids is 1. The van der Waals surface area contributed by atoms with Gasteiger partial charge in [0.05, 0.1) is 6.54 Å². The summed E-state index contributed by atoms with van der Waals surface area (Å²) in [5.41, 5.74) is 0.602. The molecule has 1 atom stereocenters. The largest absolute Gasteiger partial charge is 0.322 e. The lowest BCUT2D eigenvalue weighted by Crippen LogP contribution is -2.35. The lowest BCUT2D eigenvalue weighted by atomic mass is 10.0. The van der Waals surface area contributed by atoms with Crippen molar-refractivity contribution in [2.75, 3.05) is 24.6 Å². The minimum atomic E-state index is -0.873. The van der Waals surface area contributed by atoms with E-state index in [4.69, 9.17) is 0 Å². The van der Waals surface area contributed by atoms with Crippen LogP contribution in [0.2, 0.25) is 0 Å². The third-order valence-corrected chi connectivity index (χ3v) is 5.18. The molecule has 0 aromatic heterocycles. The molecule has 114 valence electrons. The Bertz CT molecular complexity index is 534. The molecule has 0 saturated carbocycles. The van der Waals surface area contributed by atoms with Gasteiger partial charge in [0.2, 0.25) is 5.91 Å². The summed E-state index contributed by atoms with van der Waals surface area (Å²) in [6.45, 7) is 0.946. The van der Waals surface area contributed by atoms with Crippen LogP contribution in [0.15, 0.2) is 18.2 Å². The molecule has 1 aromatic carbocycles. The fraction of sp³-hybridized carbons (Fsp3) is 0.533. The van der Waals surface area contributed by atoms with E-state index in [0.717, 1.165) is 30.4 Å². The van der Waals surface area contributed by atoms with Crippen LogP contribution in [0.1, 0.15) is 24.6 Å². The van der Waals surface area contributed by atoms with Crippen LogP contribution in [0, 0.1) is 17.6 Å². The highest BCUT2D eigenvalue weighted by molar-refractivity contribution is 7.99. The number of rotatable bonds is 3. The van der Waals surface area contributed by atoms with Crippen molar-refractivity contribution >= 4 is 17.7 Å². The Hall–Kier alpha value is -1.14. The number of amides is 1. The number of nitrogens with one attached hydrogen (secondary N) is 1. The van der Waals surface area contributed by atoms with Crippen LogP contribution in [0.3, 0.4) is 0 Å². The maximum atomic E-state index is 13.4. The zero-order valence-electron chi connectivity index (χ0n) is 11.6. The molecule has 3 nitrogen and oxygen atoms in total. The van der Waals surface area contributed by atoms with Crippen molar-refractivity contribution in [2.24, 2.45) is 5.92 Å². The molecule has 0 spiro atoms. The predicted molar refractivity (Wildman–Crippen MR) is 78.9 cm³/mol. The van der Waals surface area contributed by atoms with Gasteiger partial charge in [0, 0.05) is 6.54 Å². The van der Waals surface area contributed by atoms with Crippen molar-refractivity contribution in [1.82, 2.24) is 10.2 Å². The summed E-state index contributed by atoms with van der Waals surface area (Å²) >= 11 is 1.95. The number of halogens is 2. The summed E-state index contributed by atoms with van der Waals surface area (Å²) in [6.07, 6.45) is 1.87. The van der Waals surface area contributed by atoms with Crippen molar-refractivity contribution in [1.29, 1.82) is 0 Å². The minimum absolute atomic E-state index is 0.0305. The van der Waals surface area contributed by atoms with Gasteiger partial charge in [0.15, 0.2) is 11.6 Å². The molecule has 1 aromatic rings. The molecule has 0 aliphatic carbocycles. The maximum Gasteiger partial charge on any atom is 0.238 e. The van der Waals surface area contributed by atoms with Crippen LogP contribution < -0.4 is 5.32 Å². The molecule has 2 heterocycles. The standard InChI is InChI=1S/C15H18F2N2OS/c16-12-2-1-11(7-13(12)17)15-18-8-14(20)19(15)9-10-3-5-21-6-4-10/h1-2,7,10,15,18H,3-6,8-9H2. The number of hydrogen-bond donors (Lipinski definition) is 1. The van der Waals surface area contributed by atoms with Crippen LogP contribution in [-0.2, 0) is 4.79 Å². The van der Waals surface area contributed by atoms with Crippen molar-refractivity contribution in [3.63, 3.8) is 0 Å². The second-order valence-electron chi connectivity index (χ2n) is 5.56. The Morgan fingerprint density at radius 2 is 2.00 bits per heavy atom. The Morgan fingerprint density at radius 1 is 1.24 bits per heavy atom. The van der Waals surface area contributed by atoms with Crippen molar-refractivity contribution in [3.8, 4) is 0 Å². The van der Waals surface area contributed by atoms with Gasteiger partial charge in [-0.25, -0.2) is 8.78 Å². The molecule has 2 saturated heterocycles. The molecular weight excluding hydrogens is 294 g/mol. The molecule has 0 radical (unpaired) electrons. The van der Waals surface area contributed by atoms with Gasteiger partial charge in [0.25, 0.3) is 0 Å². The van der Waals surface area contributed by atoms with E-state index in [9.17, 15) is 13.6 Å². The highest BCUT2D eigenvalue weighted by Crippen LogP contribution is 2.29. The second kappa shape index (κ2) is 6.32. The summed E-state index contributed by atoms with van der Waals surface area (Å²) in [6, 6.07) is 3.83. The van der Waals surface area contributed by atoms with E-state index in [1.54, 1.807) is 11.0 Å². The monoisotopic (exact) mass is 312 g/mol. The number of carbonyl (C=O) groups is 1. The first kappa shape index (κ1) is 14.8. The van der Waals surface area contributed by atoms with E-state index in [1.165, 1.54) is 6.07 Å². The molecule has 1 N–H and O–H groups in total. The van der Waals surface area contributed by atoms with Gasteiger partial charge >= 0.3 is 0 Å². The van der Waals surface area contributed by atoms with Gasteiger partial charge < -0.3 is 4.90 Å². The molecule has 21 heavy (non-hydrogen) atoms. The van der Waals surface area contributed by atoms with Gasteiger partial charge in [0.1, 0.15) is 6.17 Å². The summed E-state index contributed by atoms with van der Waals surface area (Å²) in [5.74, 6) is 1.07. The van der Waals surface area contributed by atoms with Crippen LogP contribution >= 0.6 is 11.8 Å². The Balaban J connectivity index is 1.76. The molecular formula is C15H18F2N2OS.